The third-order valence-corrected chi connectivity index (χ3v) is 5.67. The van der Waals surface area contributed by atoms with Gasteiger partial charge in [0.1, 0.15) is 0 Å². The van der Waals surface area contributed by atoms with Crippen molar-refractivity contribution in [2.75, 3.05) is 18.8 Å². The molecular weight excluding hydrogens is 322 g/mol. The normalized spacial score (nSPS) is 21.5. The summed E-state index contributed by atoms with van der Waals surface area (Å²) in [4.78, 5) is 34.9. The standard InChI is InChI=1S/C14H24N3O5S/c1-3-23(21,22)17-8-4-5-11(12(18)9-17)16-13(19)7-6-10(2)14(15)20/h7,10-11H,3-6,8-9H2,1-2H3,(H2,15,20)(H,16,19)/t10?,11-/m0/s1. The molecule has 131 valence electrons. The van der Waals surface area contributed by atoms with Gasteiger partial charge in [-0.25, -0.2) is 8.42 Å². The summed E-state index contributed by atoms with van der Waals surface area (Å²) in [6, 6.07) is -0.709. The second-order valence-electron chi connectivity index (χ2n) is 5.65. The van der Waals surface area contributed by atoms with Gasteiger partial charge in [0.2, 0.25) is 21.8 Å². The third-order valence-electron chi connectivity index (χ3n) is 3.84. The first-order valence-electron chi connectivity index (χ1n) is 7.61. The molecule has 2 amide bonds. The number of ketones is 1. The van der Waals surface area contributed by atoms with Crippen LogP contribution in [0.1, 0.15) is 33.1 Å². The van der Waals surface area contributed by atoms with Crippen molar-refractivity contribution in [3.8, 4) is 0 Å². The molecule has 1 saturated heterocycles. The Hall–Kier alpha value is -1.48. The van der Waals surface area contributed by atoms with Crippen molar-refractivity contribution < 1.29 is 22.8 Å². The molecule has 0 bridgehead atoms. The first kappa shape index (κ1) is 19.6. The first-order chi connectivity index (χ1) is 10.7. The van der Waals surface area contributed by atoms with Crippen molar-refractivity contribution in [3.05, 3.63) is 6.42 Å². The van der Waals surface area contributed by atoms with Gasteiger partial charge in [-0.3, -0.25) is 14.4 Å². The lowest BCUT2D eigenvalue weighted by Crippen LogP contribution is -2.44. The zero-order valence-electron chi connectivity index (χ0n) is 13.4. The smallest absolute Gasteiger partial charge is 0.224 e. The van der Waals surface area contributed by atoms with E-state index in [1.807, 2.05) is 0 Å². The van der Waals surface area contributed by atoms with Gasteiger partial charge >= 0.3 is 0 Å². The largest absolute Gasteiger partial charge is 0.369 e. The number of Topliss-reactive ketones (excluding diaryl/α,β-unsaturated/α-hetero) is 1. The van der Waals surface area contributed by atoms with Crippen LogP contribution in [-0.4, -0.2) is 55.2 Å². The summed E-state index contributed by atoms with van der Waals surface area (Å²) in [6.45, 7) is 3.19. The van der Waals surface area contributed by atoms with E-state index in [0.717, 1.165) is 0 Å². The van der Waals surface area contributed by atoms with Gasteiger partial charge in [0.25, 0.3) is 0 Å². The topological polar surface area (TPSA) is 127 Å². The zero-order chi connectivity index (χ0) is 17.6. The average Bonchev–Trinajstić information content (AvgIpc) is 2.67. The Morgan fingerprint density at radius 2 is 2.13 bits per heavy atom. The van der Waals surface area contributed by atoms with Gasteiger partial charge < -0.3 is 11.1 Å². The molecule has 2 atom stereocenters. The molecule has 0 aromatic heterocycles. The van der Waals surface area contributed by atoms with Crippen LogP contribution < -0.4 is 11.1 Å². The Kier molecular flexibility index (Phi) is 7.14. The predicted molar refractivity (Wildman–Crippen MR) is 84.5 cm³/mol. The molecular formula is C14H24N3O5S. The van der Waals surface area contributed by atoms with Gasteiger partial charge in [0.05, 0.1) is 24.8 Å². The third kappa shape index (κ3) is 5.91. The van der Waals surface area contributed by atoms with Gasteiger partial charge in [-0.1, -0.05) is 6.92 Å². The molecule has 1 fully saturated rings. The molecule has 1 aliphatic rings. The number of hydrogen-bond donors (Lipinski definition) is 2. The number of nitrogens with one attached hydrogen (secondary N) is 1. The van der Waals surface area contributed by atoms with E-state index in [9.17, 15) is 22.8 Å². The van der Waals surface area contributed by atoms with Gasteiger partial charge in [0, 0.05) is 12.5 Å². The second-order valence-corrected chi connectivity index (χ2v) is 7.90. The van der Waals surface area contributed by atoms with Gasteiger partial charge in [0.15, 0.2) is 5.78 Å². The van der Waals surface area contributed by atoms with Gasteiger partial charge in [-0.15, -0.1) is 0 Å². The Bertz CT molecular complexity index is 561. The zero-order valence-corrected chi connectivity index (χ0v) is 14.3. The first-order valence-corrected chi connectivity index (χ1v) is 9.21. The van der Waals surface area contributed by atoms with Crippen molar-refractivity contribution >= 4 is 27.6 Å². The van der Waals surface area contributed by atoms with Crippen molar-refractivity contribution in [2.45, 2.75) is 39.2 Å². The van der Waals surface area contributed by atoms with Crippen LogP contribution >= 0.6 is 0 Å². The van der Waals surface area contributed by atoms with Crippen LogP contribution in [-0.2, 0) is 24.4 Å². The summed E-state index contributed by atoms with van der Waals surface area (Å²) in [7, 11) is -3.42. The second kappa shape index (κ2) is 8.39. The van der Waals surface area contributed by atoms with E-state index >= 15 is 0 Å². The van der Waals surface area contributed by atoms with Crippen LogP contribution in [0, 0.1) is 12.3 Å². The molecule has 1 unspecified atom stereocenters. The lowest BCUT2D eigenvalue weighted by molar-refractivity contribution is -0.126. The maximum absolute atomic E-state index is 12.2. The molecule has 0 aliphatic carbocycles. The summed E-state index contributed by atoms with van der Waals surface area (Å²) >= 11 is 0. The van der Waals surface area contributed by atoms with Crippen LogP contribution in [0.3, 0.4) is 0 Å². The van der Waals surface area contributed by atoms with Crippen molar-refractivity contribution in [3.63, 3.8) is 0 Å². The monoisotopic (exact) mass is 346 g/mol. The van der Waals surface area contributed by atoms with Crippen LogP contribution in [0.2, 0.25) is 0 Å². The lowest BCUT2D eigenvalue weighted by atomic mass is 10.0. The number of amides is 2. The summed E-state index contributed by atoms with van der Waals surface area (Å²) < 4.78 is 24.9. The maximum atomic E-state index is 12.2. The van der Waals surface area contributed by atoms with Gasteiger partial charge in [-0.05, 0) is 26.2 Å². The molecule has 0 aromatic carbocycles. The predicted octanol–water partition coefficient (Wildman–Crippen LogP) is -0.798. The highest BCUT2D eigenvalue weighted by Gasteiger charge is 2.31. The number of primary amides is 1. The summed E-state index contributed by atoms with van der Waals surface area (Å²) in [5, 5.41) is 2.58. The fourth-order valence-corrected chi connectivity index (χ4v) is 3.30. The quantitative estimate of drug-likeness (QED) is 0.624. The Morgan fingerprint density at radius 3 is 2.70 bits per heavy atom. The molecule has 0 saturated carbocycles. The van der Waals surface area contributed by atoms with E-state index in [4.69, 9.17) is 5.73 Å². The van der Waals surface area contributed by atoms with Crippen LogP contribution in [0.5, 0.6) is 0 Å². The average molecular weight is 346 g/mol. The number of carbonyl (C=O) groups excluding carboxylic acids is 3. The number of nitrogens with two attached hydrogens (primary N) is 1. The summed E-state index contributed by atoms with van der Waals surface area (Å²) in [6.07, 6.45) is 2.36. The van der Waals surface area contributed by atoms with E-state index in [0.29, 0.717) is 12.8 Å². The number of carbonyl (C=O) groups is 3. The maximum Gasteiger partial charge on any atom is 0.224 e. The van der Waals surface area contributed by atoms with E-state index in [-0.39, 0.29) is 31.0 Å². The Labute approximate surface area is 136 Å². The minimum absolute atomic E-state index is 0.0594. The van der Waals surface area contributed by atoms with E-state index < -0.39 is 33.8 Å². The van der Waals surface area contributed by atoms with E-state index in [1.54, 1.807) is 6.92 Å². The fraction of sp³-hybridized carbons (Fsp3) is 0.714. The SMILES string of the molecule is CCS(=O)(=O)N1CCC[C@H](NC(=O)[CH]CC(C)C(N)=O)C(=O)C1. The molecule has 3 N–H and O–H groups in total. The van der Waals surface area contributed by atoms with Crippen molar-refractivity contribution in [1.29, 1.82) is 0 Å². The van der Waals surface area contributed by atoms with Crippen molar-refractivity contribution in [2.24, 2.45) is 11.7 Å². The number of hydrogen-bond acceptors (Lipinski definition) is 5. The highest BCUT2D eigenvalue weighted by molar-refractivity contribution is 7.89. The number of rotatable bonds is 7. The lowest BCUT2D eigenvalue weighted by Gasteiger charge is -2.18. The molecule has 1 heterocycles. The van der Waals surface area contributed by atoms with Crippen molar-refractivity contribution in [1.82, 2.24) is 9.62 Å². The number of nitrogens with zero attached hydrogens (tertiary/aromatic N) is 1. The molecule has 0 aromatic rings. The van der Waals surface area contributed by atoms with E-state index in [1.165, 1.54) is 17.6 Å². The van der Waals surface area contributed by atoms with Crippen LogP contribution in [0.15, 0.2) is 0 Å². The van der Waals surface area contributed by atoms with Crippen LogP contribution in [0.25, 0.3) is 0 Å². The number of sulfonamides is 1. The molecule has 9 heteroatoms. The summed E-state index contributed by atoms with van der Waals surface area (Å²) in [5.74, 6) is -1.81. The molecule has 0 spiro atoms. The highest BCUT2D eigenvalue weighted by atomic mass is 32.2. The molecule has 1 radical (unpaired) electrons. The van der Waals surface area contributed by atoms with E-state index in [2.05, 4.69) is 5.32 Å². The highest BCUT2D eigenvalue weighted by Crippen LogP contribution is 2.13. The Balaban J connectivity index is 2.57. The minimum Gasteiger partial charge on any atom is -0.369 e. The Morgan fingerprint density at radius 1 is 1.48 bits per heavy atom. The summed E-state index contributed by atoms with van der Waals surface area (Å²) in [5.41, 5.74) is 5.11. The molecule has 8 nitrogen and oxygen atoms in total. The fourth-order valence-electron chi connectivity index (χ4n) is 2.20. The van der Waals surface area contributed by atoms with Gasteiger partial charge in [-0.2, -0.15) is 4.31 Å². The molecule has 1 rings (SSSR count). The molecule has 1 aliphatic heterocycles. The minimum atomic E-state index is -3.42. The molecule has 23 heavy (non-hydrogen) atoms. The van der Waals surface area contributed by atoms with Crippen LogP contribution in [0.4, 0.5) is 0 Å².